The third-order valence-electron chi connectivity index (χ3n) is 5.89. The van der Waals surface area contributed by atoms with Crippen LogP contribution in [0.15, 0.2) is 30.3 Å². The molecule has 1 aromatic heterocycles. The van der Waals surface area contributed by atoms with Crippen molar-refractivity contribution >= 4 is 29.2 Å². The van der Waals surface area contributed by atoms with Gasteiger partial charge in [-0.1, -0.05) is 24.6 Å². The minimum atomic E-state index is 0. The molecule has 3 N–H and O–H groups in total. The Morgan fingerprint density at radius 3 is 2.76 bits per heavy atom. The minimum absolute atomic E-state index is 0. The second-order valence-electron chi connectivity index (χ2n) is 7.47. The monoisotopic (exact) mass is 361 g/mol. The van der Waals surface area contributed by atoms with E-state index in [1.165, 1.54) is 23.9 Å². The maximum Gasteiger partial charge on any atom is 0.223 e. The first-order valence-corrected chi connectivity index (χ1v) is 9.35. The lowest BCUT2D eigenvalue weighted by Gasteiger charge is -2.36. The molecular formula is C20H28ClN3O. The summed E-state index contributed by atoms with van der Waals surface area (Å²) in [6, 6.07) is 11.0. The number of benzene rings is 1. The number of amides is 1. The number of fused-ring (bicyclic) bond motifs is 1. The summed E-state index contributed by atoms with van der Waals surface area (Å²) in [5.41, 5.74) is 8.51. The Morgan fingerprint density at radius 1 is 1.16 bits per heavy atom. The van der Waals surface area contributed by atoms with Gasteiger partial charge >= 0.3 is 0 Å². The normalized spacial score (nSPS) is 26.6. The van der Waals surface area contributed by atoms with Gasteiger partial charge in [-0.25, -0.2) is 0 Å². The molecule has 2 heterocycles. The van der Waals surface area contributed by atoms with Crippen LogP contribution in [0.4, 0.5) is 0 Å². The number of H-pyrrole nitrogens is 1. The Kier molecular flexibility index (Phi) is 5.70. The first-order valence-electron chi connectivity index (χ1n) is 9.35. The molecule has 1 unspecified atom stereocenters. The minimum Gasteiger partial charge on any atom is -0.357 e. The zero-order chi connectivity index (χ0) is 16.5. The molecule has 4 nitrogen and oxygen atoms in total. The summed E-state index contributed by atoms with van der Waals surface area (Å²) >= 11 is 0. The van der Waals surface area contributed by atoms with Crippen LogP contribution in [0.25, 0.3) is 10.9 Å². The highest BCUT2D eigenvalue weighted by molar-refractivity contribution is 5.85. The van der Waals surface area contributed by atoms with Crippen LogP contribution in [0, 0.1) is 5.92 Å². The number of nitrogens with zero attached hydrogens (tertiary/aromatic N) is 1. The number of nitrogens with one attached hydrogen (secondary N) is 1. The van der Waals surface area contributed by atoms with Gasteiger partial charge in [0.2, 0.25) is 5.91 Å². The summed E-state index contributed by atoms with van der Waals surface area (Å²) in [4.78, 5) is 18.6. The molecule has 0 bridgehead atoms. The van der Waals surface area contributed by atoms with Crippen LogP contribution >= 0.6 is 12.4 Å². The van der Waals surface area contributed by atoms with Gasteiger partial charge in [-0.3, -0.25) is 4.79 Å². The largest absolute Gasteiger partial charge is 0.357 e. The second kappa shape index (κ2) is 7.79. The van der Waals surface area contributed by atoms with Gasteiger partial charge in [0, 0.05) is 30.2 Å². The number of aromatic amines is 1. The first kappa shape index (κ1) is 18.3. The quantitative estimate of drug-likeness (QED) is 0.862. The molecular weight excluding hydrogens is 334 g/mol. The zero-order valence-corrected chi connectivity index (χ0v) is 15.4. The number of aromatic nitrogens is 1. The van der Waals surface area contributed by atoms with E-state index in [1.807, 2.05) is 6.07 Å². The van der Waals surface area contributed by atoms with Crippen molar-refractivity contribution in [3.05, 3.63) is 36.0 Å². The van der Waals surface area contributed by atoms with Crippen LogP contribution in [0.1, 0.15) is 56.7 Å². The van der Waals surface area contributed by atoms with Crippen molar-refractivity contribution in [2.24, 2.45) is 11.7 Å². The first-order chi connectivity index (χ1) is 11.7. The van der Waals surface area contributed by atoms with E-state index in [1.54, 1.807) is 0 Å². The van der Waals surface area contributed by atoms with Crippen molar-refractivity contribution in [1.29, 1.82) is 0 Å². The average molecular weight is 362 g/mol. The van der Waals surface area contributed by atoms with Crippen LogP contribution in [-0.2, 0) is 4.79 Å². The number of piperidine rings is 1. The summed E-state index contributed by atoms with van der Waals surface area (Å²) in [6.45, 7) is 0.876. The third kappa shape index (κ3) is 3.70. The predicted molar refractivity (Wildman–Crippen MR) is 104 cm³/mol. The topological polar surface area (TPSA) is 62.1 Å². The van der Waals surface area contributed by atoms with Crippen LogP contribution in [-0.4, -0.2) is 28.4 Å². The van der Waals surface area contributed by atoms with Crippen molar-refractivity contribution in [2.75, 3.05) is 6.54 Å². The molecule has 1 saturated heterocycles. The summed E-state index contributed by atoms with van der Waals surface area (Å²) in [5.74, 6) is 0.670. The number of nitrogens with two attached hydrogens (primary N) is 1. The molecule has 5 heteroatoms. The molecule has 2 fully saturated rings. The molecule has 1 amide bonds. The fraction of sp³-hybridized carbons (Fsp3) is 0.550. The molecule has 1 saturated carbocycles. The number of rotatable bonds is 3. The van der Waals surface area contributed by atoms with Crippen molar-refractivity contribution in [1.82, 2.24) is 9.88 Å². The van der Waals surface area contributed by atoms with Gasteiger partial charge in [0.1, 0.15) is 0 Å². The predicted octanol–water partition coefficient (Wildman–Crippen LogP) is 4.16. The van der Waals surface area contributed by atoms with Gasteiger partial charge in [-0.15, -0.1) is 12.4 Å². The number of carbonyl (C=O) groups excluding carboxylic acids is 1. The Labute approximate surface area is 155 Å². The van der Waals surface area contributed by atoms with E-state index in [0.29, 0.717) is 18.2 Å². The molecule has 4 rings (SSSR count). The van der Waals surface area contributed by atoms with Gasteiger partial charge in [-0.05, 0) is 55.5 Å². The molecule has 25 heavy (non-hydrogen) atoms. The fourth-order valence-corrected chi connectivity index (χ4v) is 4.49. The molecule has 1 aromatic carbocycles. The van der Waals surface area contributed by atoms with Crippen molar-refractivity contribution < 1.29 is 4.79 Å². The number of likely N-dealkylation sites (tertiary alicyclic amines) is 1. The molecule has 2 aromatic rings. The van der Waals surface area contributed by atoms with E-state index in [0.717, 1.165) is 37.7 Å². The van der Waals surface area contributed by atoms with E-state index in [4.69, 9.17) is 5.73 Å². The molecule has 136 valence electrons. The lowest BCUT2D eigenvalue weighted by Crippen LogP contribution is -2.40. The highest BCUT2D eigenvalue weighted by Gasteiger charge is 2.33. The van der Waals surface area contributed by atoms with Crippen LogP contribution in [0.3, 0.4) is 0 Å². The molecule has 1 aliphatic heterocycles. The van der Waals surface area contributed by atoms with Gasteiger partial charge in [-0.2, -0.15) is 0 Å². The Morgan fingerprint density at radius 2 is 2.00 bits per heavy atom. The highest BCUT2D eigenvalue weighted by Crippen LogP contribution is 2.34. The second-order valence-corrected chi connectivity index (χ2v) is 7.47. The van der Waals surface area contributed by atoms with Crippen LogP contribution in [0.5, 0.6) is 0 Å². The van der Waals surface area contributed by atoms with Gasteiger partial charge in [0.15, 0.2) is 0 Å². The Hall–Kier alpha value is -1.52. The average Bonchev–Trinajstić information content (AvgIpc) is 3.21. The lowest BCUT2D eigenvalue weighted by atomic mass is 9.95. The lowest BCUT2D eigenvalue weighted by molar-refractivity contribution is -0.136. The summed E-state index contributed by atoms with van der Waals surface area (Å²) in [7, 11) is 0. The number of hydrogen-bond acceptors (Lipinski definition) is 2. The number of para-hydroxylation sites is 1. The number of halogens is 1. The maximum atomic E-state index is 13.0. The summed E-state index contributed by atoms with van der Waals surface area (Å²) in [6.07, 6.45) is 7.32. The fourth-order valence-electron chi connectivity index (χ4n) is 4.49. The van der Waals surface area contributed by atoms with Crippen molar-refractivity contribution in [3.8, 4) is 0 Å². The van der Waals surface area contributed by atoms with E-state index in [9.17, 15) is 4.79 Å². The molecule has 0 radical (unpaired) electrons. The van der Waals surface area contributed by atoms with E-state index in [-0.39, 0.29) is 24.5 Å². The molecule has 2 aliphatic rings. The van der Waals surface area contributed by atoms with E-state index >= 15 is 0 Å². The van der Waals surface area contributed by atoms with Gasteiger partial charge in [0.05, 0.1) is 6.04 Å². The van der Waals surface area contributed by atoms with Gasteiger partial charge < -0.3 is 15.6 Å². The molecule has 1 aliphatic carbocycles. The maximum absolute atomic E-state index is 13.0. The van der Waals surface area contributed by atoms with Crippen molar-refractivity contribution in [2.45, 2.75) is 57.0 Å². The summed E-state index contributed by atoms with van der Waals surface area (Å²) < 4.78 is 0. The molecule has 3 atom stereocenters. The summed E-state index contributed by atoms with van der Waals surface area (Å²) in [5, 5.41) is 1.23. The Bertz CT molecular complexity index is 696. The standard InChI is InChI=1S/C20H27N3O.ClH/c21-16-8-5-7-14(16)13-20(24)23-11-4-3-10-19(23)18-12-15-6-1-2-9-17(15)22-18;/h1-2,6,9,12,14,16,19,22H,3-5,7-8,10-11,13,21H2;1H/t14-,16+,19?;/m0./s1. The zero-order valence-electron chi connectivity index (χ0n) is 14.6. The highest BCUT2D eigenvalue weighted by atomic mass is 35.5. The number of hydrogen-bond donors (Lipinski definition) is 2. The van der Waals surface area contributed by atoms with Crippen LogP contribution in [0.2, 0.25) is 0 Å². The smallest absolute Gasteiger partial charge is 0.223 e. The Balaban J connectivity index is 0.00000182. The SMILES string of the molecule is Cl.N[C@@H]1CCC[C@H]1CC(=O)N1CCCCC1c1cc2ccccc2[nH]1. The van der Waals surface area contributed by atoms with Gasteiger partial charge in [0.25, 0.3) is 0 Å². The van der Waals surface area contributed by atoms with E-state index in [2.05, 4.69) is 34.1 Å². The number of carbonyl (C=O) groups is 1. The molecule has 0 spiro atoms. The van der Waals surface area contributed by atoms with Crippen molar-refractivity contribution in [3.63, 3.8) is 0 Å². The third-order valence-corrected chi connectivity index (χ3v) is 5.89. The van der Waals surface area contributed by atoms with E-state index < -0.39 is 0 Å². The van der Waals surface area contributed by atoms with Crippen LogP contribution < -0.4 is 5.73 Å².